The molecule has 0 unspecified atom stereocenters. The molecule has 5 nitrogen and oxygen atoms in total. The number of carbonyl (C=O) groups excluding carboxylic acids is 1. The molecule has 0 saturated carbocycles. The largest absolute Gasteiger partial charge is 0.322 e. The second-order valence-electron chi connectivity index (χ2n) is 5.36. The van der Waals surface area contributed by atoms with E-state index in [0.717, 1.165) is 4.68 Å². The third-order valence-electron chi connectivity index (χ3n) is 3.59. The Labute approximate surface area is 141 Å². The van der Waals surface area contributed by atoms with Crippen LogP contribution in [0.3, 0.4) is 0 Å². The number of benzene rings is 2. The maximum absolute atomic E-state index is 13.6. The van der Waals surface area contributed by atoms with Crippen LogP contribution in [-0.2, 0) is 0 Å². The van der Waals surface area contributed by atoms with Crippen molar-refractivity contribution in [2.45, 2.75) is 6.92 Å². The average Bonchev–Trinajstić information content (AvgIpc) is 2.59. The van der Waals surface area contributed by atoms with E-state index in [0.29, 0.717) is 11.3 Å². The van der Waals surface area contributed by atoms with Gasteiger partial charge in [0.2, 0.25) is 0 Å². The molecule has 3 rings (SSSR count). The lowest BCUT2D eigenvalue weighted by atomic mass is 10.2. The first-order chi connectivity index (χ1) is 12.0. The number of nitrogens with zero attached hydrogens (tertiary/aromatic N) is 2. The zero-order valence-corrected chi connectivity index (χ0v) is 13.2. The Morgan fingerprint density at radius 1 is 1.08 bits per heavy atom. The predicted molar refractivity (Wildman–Crippen MR) is 88.9 cm³/mol. The fourth-order valence-corrected chi connectivity index (χ4v) is 2.22. The first kappa shape index (κ1) is 16.5. The van der Waals surface area contributed by atoms with Crippen LogP contribution in [0.15, 0.2) is 59.5 Å². The van der Waals surface area contributed by atoms with E-state index in [2.05, 4.69) is 10.4 Å². The number of hydrogen-bond donors (Lipinski definition) is 1. The van der Waals surface area contributed by atoms with E-state index in [-0.39, 0.29) is 11.3 Å². The maximum Gasteiger partial charge on any atom is 0.284 e. The standard InChI is InChI=1S/C18H13F2N3O2/c1-11-2-5-13(10-16(11)20)22-17(24)15-8-9-21-23(18(15)25)14-6-3-12(19)4-7-14/h2-10H,1H3,(H,22,24). The van der Waals surface area contributed by atoms with Crippen LogP contribution in [-0.4, -0.2) is 15.7 Å². The van der Waals surface area contributed by atoms with Gasteiger partial charge in [-0.15, -0.1) is 0 Å². The van der Waals surface area contributed by atoms with Crippen LogP contribution in [0.2, 0.25) is 0 Å². The highest BCUT2D eigenvalue weighted by molar-refractivity contribution is 6.03. The van der Waals surface area contributed by atoms with Gasteiger partial charge in [0.25, 0.3) is 11.5 Å². The Bertz CT molecular complexity index is 998. The van der Waals surface area contributed by atoms with Crippen LogP contribution in [0, 0.1) is 18.6 Å². The second kappa shape index (κ2) is 6.64. The van der Waals surface area contributed by atoms with Crippen molar-refractivity contribution < 1.29 is 13.6 Å². The van der Waals surface area contributed by atoms with Gasteiger partial charge in [0.05, 0.1) is 5.69 Å². The molecule has 1 heterocycles. The van der Waals surface area contributed by atoms with Gasteiger partial charge >= 0.3 is 0 Å². The van der Waals surface area contributed by atoms with Crippen molar-refractivity contribution in [1.82, 2.24) is 9.78 Å². The molecule has 0 atom stereocenters. The average molecular weight is 341 g/mol. The van der Waals surface area contributed by atoms with Crippen LogP contribution < -0.4 is 10.9 Å². The number of nitrogens with one attached hydrogen (secondary N) is 1. The van der Waals surface area contributed by atoms with Crippen LogP contribution >= 0.6 is 0 Å². The molecular weight excluding hydrogens is 328 g/mol. The summed E-state index contributed by atoms with van der Waals surface area (Å²) >= 11 is 0. The van der Waals surface area contributed by atoms with Gasteiger partial charge in [-0.3, -0.25) is 9.59 Å². The topological polar surface area (TPSA) is 64.0 Å². The summed E-state index contributed by atoms with van der Waals surface area (Å²) in [4.78, 5) is 24.8. The quantitative estimate of drug-likeness (QED) is 0.796. The van der Waals surface area contributed by atoms with Crippen molar-refractivity contribution in [3.63, 3.8) is 0 Å². The van der Waals surface area contributed by atoms with E-state index in [1.54, 1.807) is 6.92 Å². The van der Waals surface area contributed by atoms with E-state index in [9.17, 15) is 18.4 Å². The Morgan fingerprint density at radius 3 is 2.48 bits per heavy atom. The monoisotopic (exact) mass is 341 g/mol. The van der Waals surface area contributed by atoms with Crippen LogP contribution in [0.4, 0.5) is 14.5 Å². The van der Waals surface area contributed by atoms with Crippen molar-refractivity contribution in [1.29, 1.82) is 0 Å². The van der Waals surface area contributed by atoms with E-state index in [4.69, 9.17) is 0 Å². The first-order valence-electron chi connectivity index (χ1n) is 7.37. The Morgan fingerprint density at radius 2 is 1.80 bits per heavy atom. The minimum absolute atomic E-state index is 0.166. The molecule has 1 N–H and O–H groups in total. The van der Waals surface area contributed by atoms with Crippen LogP contribution in [0.1, 0.15) is 15.9 Å². The Hall–Kier alpha value is -3.35. The van der Waals surface area contributed by atoms with E-state index < -0.39 is 23.1 Å². The molecule has 7 heteroatoms. The minimum Gasteiger partial charge on any atom is -0.322 e. The number of aromatic nitrogens is 2. The van der Waals surface area contributed by atoms with Gasteiger partial charge in [-0.05, 0) is 55.0 Å². The highest BCUT2D eigenvalue weighted by Gasteiger charge is 2.14. The molecular formula is C18H13F2N3O2. The molecule has 1 aromatic heterocycles. The van der Waals surface area contributed by atoms with Gasteiger partial charge in [0.15, 0.2) is 0 Å². The van der Waals surface area contributed by atoms with Crippen molar-refractivity contribution in [3.05, 3.63) is 87.8 Å². The second-order valence-corrected chi connectivity index (χ2v) is 5.36. The van der Waals surface area contributed by atoms with Gasteiger partial charge in [0.1, 0.15) is 17.2 Å². The number of aryl methyl sites for hydroxylation is 1. The molecule has 1 amide bonds. The molecule has 0 aliphatic rings. The van der Waals surface area contributed by atoms with Gasteiger partial charge in [0, 0.05) is 11.9 Å². The summed E-state index contributed by atoms with van der Waals surface area (Å²) in [7, 11) is 0. The molecule has 0 spiro atoms. The zero-order chi connectivity index (χ0) is 18.0. The van der Waals surface area contributed by atoms with Crippen LogP contribution in [0.5, 0.6) is 0 Å². The van der Waals surface area contributed by atoms with E-state index in [1.165, 1.54) is 54.7 Å². The predicted octanol–water partition coefficient (Wildman–Crippen LogP) is 3.07. The summed E-state index contributed by atoms with van der Waals surface area (Å²) in [5.74, 6) is -1.60. The van der Waals surface area contributed by atoms with E-state index in [1.807, 2.05) is 0 Å². The number of carbonyl (C=O) groups is 1. The summed E-state index contributed by atoms with van der Waals surface area (Å²) < 4.78 is 27.6. The summed E-state index contributed by atoms with van der Waals surface area (Å²) in [5, 5.41) is 6.37. The Balaban J connectivity index is 1.93. The number of anilines is 1. The molecule has 0 fully saturated rings. The highest BCUT2D eigenvalue weighted by atomic mass is 19.1. The molecule has 0 saturated heterocycles. The molecule has 3 aromatic rings. The van der Waals surface area contributed by atoms with Gasteiger partial charge in [-0.2, -0.15) is 9.78 Å². The molecule has 0 aliphatic heterocycles. The fourth-order valence-electron chi connectivity index (χ4n) is 2.22. The van der Waals surface area contributed by atoms with Crippen LogP contribution in [0.25, 0.3) is 5.69 Å². The number of amides is 1. The summed E-state index contributed by atoms with van der Waals surface area (Å²) in [6, 6.07) is 10.6. The molecule has 126 valence electrons. The zero-order valence-electron chi connectivity index (χ0n) is 13.2. The Kier molecular flexibility index (Phi) is 4.38. The summed E-state index contributed by atoms with van der Waals surface area (Å²) in [6.07, 6.45) is 1.29. The highest BCUT2D eigenvalue weighted by Crippen LogP contribution is 2.14. The molecule has 0 radical (unpaired) electrons. The van der Waals surface area contributed by atoms with Crippen molar-refractivity contribution >= 4 is 11.6 Å². The molecule has 2 aromatic carbocycles. The van der Waals surface area contributed by atoms with Gasteiger partial charge in [-0.25, -0.2) is 8.78 Å². The fraction of sp³-hybridized carbons (Fsp3) is 0.0556. The smallest absolute Gasteiger partial charge is 0.284 e. The molecule has 25 heavy (non-hydrogen) atoms. The first-order valence-corrected chi connectivity index (χ1v) is 7.37. The lowest BCUT2D eigenvalue weighted by Crippen LogP contribution is -2.29. The lowest BCUT2D eigenvalue weighted by molar-refractivity contribution is 0.102. The van der Waals surface area contributed by atoms with Gasteiger partial charge < -0.3 is 5.32 Å². The maximum atomic E-state index is 13.6. The summed E-state index contributed by atoms with van der Waals surface area (Å²) in [6.45, 7) is 1.60. The molecule has 0 bridgehead atoms. The molecule has 0 aliphatic carbocycles. The third-order valence-corrected chi connectivity index (χ3v) is 3.59. The number of halogens is 2. The third kappa shape index (κ3) is 3.45. The normalized spacial score (nSPS) is 10.5. The number of rotatable bonds is 3. The summed E-state index contributed by atoms with van der Waals surface area (Å²) in [5.41, 5.74) is 0.167. The van der Waals surface area contributed by atoms with Crippen molar-refractivity contribution in [3.8, 4) is 5.69 Å². The van der Waals surface area contributed by atoms with Gasteiger partial charge in [-0.1, -0.05) is 6.07 Å². The van der Waals surface area contributed by atoms with E-state index >= 15 is 0 Å². The number of hydrogen-bond acceptors (Lipinski definition) is 3. The minimum atomic E-state index is -0.688. The van der Waals surface area contributed by atoms with Crippen molar-refractivity contribution in [2.75, 3.05) is 5.32 Å². The lowest BCUT2D eigenvalue weighted by Gasteiger charge is -2.08. The van der Waals surface area contributed by atoms with Crippen molar-refractivity contribution in [2.24, 2.45) is 0 Å². The SMILES string of the molecule is Cc1ccc(NC(=O)c2ccnn(-c3ccc(F)cc3)c2=O)cc1F.